The fourth-order valence-corrected chi connectivity index (χ4v) is 2.27. The number of aromatic hydroxyl groups is 1. The Hall–Kier alpha value is -2.01. The van der Waals surface area contributed by atoms with Gasteiger partial charge in [-0.15, -0.1) is 0 Å². The summed E-state index contributed by atoms with van der Waals surface area (Å²) in [6, 6.07) is 5.63. The third-order valence-electron chi connectivity index (χ3n) is 3.37. The van der Waals surface area contributed by atoms with Crippen LogP contribution in [0.2, 0.25) is 0 Å². The van der Waals surface area contributed by atoms with Crippen molar-refractivity contribution in [2.45, 2.75) is 26.4 Å². The zero-order valence-corrected chi connectivity index (χ0v) is 12.3. The van der Waals surface area contributed by atoms with E-state index in [1.807, 2.05) is 30.9 Å². The molecular weight excluding hydrogens is 254 g/mol. The number of aromatic nitrogens is 2. The summed E-state index contributed by atoms with van der Waals surface area (Å²) < 4.78 is 6.85. The zero-order valence-electron chi connectivity index (χ0n) is 12.3. The number of benzene rings is 1. The van der Waals surface area contributed by atoms with Gasteiger partial charge in [-0.3, -0.25) is 4.68 Å². The van der Waals surface area contributed by atoms with Gasteiger partial charge in [-0.25, -0.2) is 0 Å². The fraction of sp³-hybridized carbons (Fsp3) is 0.400. The molecule has 0 aliphatic carbocycles. The summed E-state index contributed by atoms with van der Waals surface area (Å²) >= 11 is 0. The second-order valence-electron chi connectivity index (χ2n) is 4.95. The van der Waals surface area contributed by atoms with Crippen LogP contribution in [0, 0.1) is 6.92 Å². The van der Waals surface area contributed by atoms with Gasteiger partial charge >= 0.3 is 0 Å². The maximum atomic E-state index is 9.75. The maximum absolute atomic E-state index is 9.75. The lowest BCUT2D eigenvalue weighted by Crippen LogP contribution is -2.18. The lowest BCUT2D eigenvalue weighted by molar-refractivity contribution is 0.373. The molecule has 2 aromatic rings. The molecule has 1 unspecified atom stereocenters. The monoisotopic (exact) mass is 275 g/mol. The minimum absolute atomic E-state index is 0.164. The van der Waals surface area contributed by atoms with Crippen LogP contribution in [0.5, 0.6) is 11.5 Å². The van der Waals surface area contributed by atoms with Crippen molar-refractivity contribution in [3.8, 4) is 11.5 Å². The van der Waals surface area contributed by atoms with Crippen LogP contribution in [0.1, 0.15) is 29.8 Å². The molecule has 1 heterocycles. The van der Waals surface area contributed by atoms with E-state index < -0.39 is 0 Å². The normalized spacial score (nSPS) is 12.4. The lowest BCUT2D eigenvalue weighted by Gasteiger charge is -2.14. The summed E-state index contributed by atoms with van der Waals surface area (Å²) in [6.45, 7) is 4.78. The highest BCUT2D eigenvalue weighted by Gasteiger charge is 2.11. The largest absolute Gasteiger partial charge is 0.504 e. The number of rotatable bonds is 5. The van der Waals surface area contributed by atoms with Crippen LogP contribution >= 0.6 is 0 Å². The van der Waals surface area contributed by atoms with Crippen molar-refractivity contribution in [1.29, 1.82) is 0 Å². The molecule has 0 aliphatic heterocycles. The summed E-state index contributed by atoms with van der Waals surface area (Å²) in [7, 11) is 3.46. The first-order chi connectivity index (χ1) is 9.51. The Bertz CT molecular complexity index is 593. The van der Waals surface area contributed by atoms with Crippen molar-refractivity contribution >= 4 is 0 Å². The van der Waals surface area contributed by atoms with Crippen LogP contribution in [0.25, 0.3) is 0 Å². The number of phenolic OH excluding ortho intramolecular Hbond substituents is 1. The molecule has 20 heavy (non-hydrogen) atoms. The quantitative estimate of drug-likeness (QED) is 0.879. The molecule has 5 heteroatoms. The first-order valence-corrected chi connectivity index (χ1v) is 6.60. The van der Waals surface area contributed by atoms with E-state index in [1.54, 1.807) is 19.2 Å². The molecule has 5 nitrogen and oxygen atoms in total. The standard InChI is InChI=1S/C15H21N3O2/c1-10(13-9-18(3)17-11(13)2)16-8-12-5-6-15(20-4)14(19)7-12/h5-7,9-10,16,19H,8H2,1-4H3. The van der Waals surface area contributed by atoms with Gasteiger partial charge in [-0.05, 0) is 31.5 Å². The van der Waals surface area contributed by atoms with E-state index in [2.05, 4.69) is 17.3 Å². The van der Waals surface area contributed by atoms with E-state index in [0.717, 1.165) is 11.3 Å². The van der Waals surface area contributed by atoms with Crippen molar-refractivity contribution in [1.82, 2.24) is 15.1 Å². The molecule has 0 radical (unpaired) electrons. The van der Waals surface area contributed by atoms with E-state index in [0.29, 0.717) is 12.3 Å². The van der Waals surface area contributed by atoms with Crippen molar-refractivity contribution in [3.63, 3.8) is 0 Å². The molecule has 0 spiro atoms. The summed E-state index contributed by atoms with van der Waals surface area (Å²) in [5.74, 6) is 0.655. The number of methoxy groups -OCH3 is 1. The summed E-state index contributed by atoms with van der Waals surface area (Å²) in [6.07, 6.45) is 2.03. The first-order valence-electron chi connectivity index (χ1n) is 6.60. The minimum atomic E-state index is 0.164. The van der Waals surface area contributed by atoms with Gasteiger partial charge in [0.1, 0.15) is 0 Å². The molecule has 0 bridgehead atoms. The molecule has 2 N–H and O–H groups in total. The van der Waals surface area contributed by atoms with E-state index >= 15 is 0 Å². The van der Waals surface area contributed by atoms with E-state index in [-0.39, 0.29) is 11.8 Å². The summed E-state index contributed by atoms with van der Waals surface area (Å²) in [4.78, 5) is 0. The topological polar surface area (TPSA) is 59.3 Å². The van der Waals surface area contributed by atoms with Crippen molar-refractivity contribution in [2.24, 2.45) is 7.05 Å². The molecule has 1 aromatic heterocycles. The van der Waals surface area contributed by atoms with Gasteiger partial charge in [0.2, 0.25) is 0 Å². The van der Waals surface area contributed by atoms with Crippen molar-refractivity contribution < 1.29 is 9.84 Å². The lowest BCUT2D eigenvalue weighted by atomic mass is 10.1. The van der Waals surface area contributed by atoms with Crippen LogP contribution in [-0.2, 0) is 13.6 Å². The Kier molecular flexibility index (Phi) is 4.29. The van der Waals surface area contributed by atoms with Crippen molar-refractivity contribution in [3.05, 3.63) is 41.2 Å². The van der Waals surface area contributed by atoms with Crippen LogP contribution in [0.3, 0.4) is 0 Å². The molecule has 1 aromatic carbocycles. The first kappa shape index (κ1) is 14.4. The second kappa shape index (κ2) is 5.96. The maximum Gasteiger partial charge on any atom is 0.160 e. The number of hydrogen-bond acceptors (Lipinski definition) is 4. The Labute approximate surface area is 119 Å². The highest BCUT2D eigenvalue weighted by molar-refractivity contribution is 5.41. The molecule has 0 amide bonds. The highest BCUT2D eigenvalue weighted by Crippen LogP contribution is 2.26. The second-order valence-corrected chi connectivity index (χ2v) is 4.95. The minimum Gasteiger partial charge on any atom is -0.504 e. The van der Waals surface area contributed by atoms with Crippen molar-refractivity contribution in [2.75, 3.05) is 7.11 Å². The molecule has 0 saturated carbocycles. The third-order valence-corrected chi connectivity index (χ3v) is 3.37. The van der Waals surface area contributed by atoms with Gasteiger partial charge in [0, 0.05) is 31.4 Å². The fourth-order valence-electron chi connectivity index (χ4n) is 2.27. The summed E-state index contributed by atoms with van der Waals surface area (Å²) in [5, 5.41) is 17.5. The van der Waals surface area contributed by atoms with Gasteiger partial charge in [-0.2, -0.15) is 5.10 Å². The van der Waals surface area contributed by atoms with Crippen LogP contribution in [0.15, 0.2) is 24.4 Å². The molecule has 0 fully saturated rings. The highest BCUT2D eigenvalue weighted by atomic mass is 16.5. The smallest absolute Gasteiger partial charge is 0.160 e. The van der Waals surface area contributed by atoms with Gasteiger partial charge < -0.3 is 15.2 Å². The number of nitrogens with one attached hydrogen (secondary N) is 1. The van der Waals surface area contributed by atoms with Crippen LogP contribution < -0.4 is 10.1 Å². The zero-order chi connectivity index (χ0) is 14.7. The Balaban J connectivity index is 2.01. The third kappa shape index (κ3) is 3.11. The predicted octanol–water partition coefficient (Wildman–Crippen LogP) is 2.29. The van der Waals surface area contributed by atoms with E-state index in [4.69, 9.17) is 4.74 Å². The van der Waals surface area contributed by atoms with Gasteiger partial charge in [0.25, 0.3) is 0 Å². The molecule has 2 rings (SSSR count). The number of hydrogen-bond donors (Lipinski definition) is 2. The van der Waals surface area contributed by atoms with E-state index in [9.17, 15) is 5.11 Å². The van der Waals surface area contributed by atoms with Gasteiger partial charge in [0.05, 0.1) is 12.8 Å². The average molecular weight is 275 g/mol. The molecule has 1 atom stereocenters. The SMILES string of the molecule is COc1ccc(CNC(C)c2cn(C)nc2C)cc1O. The molecule has 0 saturated heterocycles. The number of ether oxygens (including phenoxy) is 1. The Morgan fingerprint density at radius 3 is 2.75 bits per heavy atom. The predicted molar refractivity (Wildman–Crippen MR) is 77.9 cm³/mol. The van der Waals surface area contributed by atoms with Gasteiger partial charge in [-0.1, -0.05) is 6.07 Å². The van der Waals surface area contributed by atoms with E-state index in [1.165, 1.54) is 5.56 Å². The molecule has 0 aliphatic rings. The summed E-state index contributed by atoms with van der Waals surface area (Å²) in [5.41, 5.74) is 3.23. The Morgan fingerprint density at radius 1 is 1.45 bits per heavy atom. The van der Waals surface area contributed by atoms with Crippen LogP contribution in [-0.4, -0.2) is 22.0 Å². The average Bonchev–Trinajstić information content (AvgIpc) is 2.75. The van der Waals surface area contributed by atoms with Gasteiger partial charge in [0.15, 0.2) is 11.5 Å². The number of nitrogens with zero attached hydrogens (tertiary/aromatic N) is 2. The molecule has 108 valence electrons. The molecular formula is C15H21N3O2. The van der Waals surface area contributed by atoms with Crippen LogP contribution in [0.4, 0.5) is 0 Å². The number of aryl methyl sites for hydroxylation is 2. The number of phenols is 1. The Morgan fingerprint density at radius 2 is 2.20 bits per heavy atom.